The number of anilines is 1. The van der Waals surface area contributed by atoms with Gasteiger partial charge >= 0.3 is 5.97 Å². The first-order chi connectivity index (χ1) is 11.5. The zero-order valence-corrected chi connectivity index (χ0v) is 12.8. The molecule has 0 spiro atoms. The highest BCUT2D eigenvalue weighted by atomic mass is 16.6. The quantitative estimate of drug-likeness (QED) is 0.478. The molecule has 1 amide bonds. The van der Waals surface area contributed by atoms with Crippen molar-refractivity contribution in [1.29, 1.82) is 0 Å². The molecule has 124 valence electrons. The normalized spacial score (nSPS) is 10.0. The van der Waals surface area contributed by atoms with Crippen molar-refractivity contribution in [2.45, 2.75) is 12.8 Å². The number of carbonyl (C=O) groups excluding carboxylic acids is 2. The molecule has 0 bridgehead atoms. The predicted octanol–water partition coefficient (Wildman–Crippen LogP) is 2.71. The van der Waals surface area contributed by atoms with Gasteiger partial charge in [-0.3, -0.25) is 19.7 Å². The van der Waals surface area contributed by atoms with Crippen LogP contribution in [-0.4, -0.2) is 23.4 Å². The molecule has 7 heteroatoms. The van der Waals surface area contributed by atoms with E-state index in [9.17, 15) is 19.7 Å². The zero-order chi connectivity index (χ0) is 17.4. The van der Waals surface area contributed by atoms with Gasteiger partial charge in [-0.25, -0.2) is 0 Å². The van der Waals surface area contributed by atoms with Gasteiger partial charge in [-0.15, -0.1) is 0 Å². The van der Waals surface area contributed by atoms with Crippen molar-refractivity contribution < 1.29 is 19.2 Å². The van der Waals surface area contributed by atoms with Crippen LogP contribution in [0.25, 0.3) is 0 Å². The summed E-state index contributed by atoms with van der Waals surface area (Å²) in [7, 11) is 0. The fourth-order valence-electron chi connectivity index (χ4n) is 1.97. The Morgan fingerprint density at radius 1 is 1.04 bits per heavy atom. The molecule has 0 aliphatic heterocycles. The van der Waals surface area contributed by atoms with E-state index in [1.165, 1.54) is 24.3 Å². The molecule has 2 rings (SSSR count). The molecule has 0 aromatic heterocycles. The van der Waals surface area contributed by atoms with Crippen LogP contribution in [0.3, 0.4) is 0 Å². The third-order valence-corrected chi connectivity index (χ3v) is 3.19. The van der Waals surface area contributed by atoms with E-state index in [0.29, 0.717) is 12.1 Å². The zero-order valence-electron chi connectivity index (χ0n) is 12.8. The highest BCUT2D eigenvalue weighted by Gasteiger charge is 2.09. The van der Waals surface area contributed by atoms with Crippen LogP contribution in [0.15, 0.2) is 54.6 Å². The lowest BCUT2D eigenvalue weighted by Crippen LogP contribution is -2.21. The lowest BCUT2D eigenvalue weighted by Gasteiger charge is -2.06. The number of non-ortho nitro benzene ring substituents is 1. The maximum absolute atomic E-state index is 11.7. The molecule has 0 aliphatic rings. The maximum atomic E-state index is 11.7. The molecule has 0 saturated carbocycles. The molecule has 0 aliphatic carbocycles. The minimum absolute atomic E-state index is 0.0691. The second-order valence-corrected chi connectivity index (χ2v) is 5.00. The molecule has 1 N–H and O–H groups in total. The number of nitro benzene ring substituents is 1. The van der Waals surface area contributed by atoms with Gasteiger partial charge in [0.05, 0.1) is 4.92 Å². The number of nitrogens with zero attached hydrogens (tertiary/aromatic N) is 1. The number of nitro groups is 1. The van der Waals surface area contributed by atoms with E-state index in [1.54, 1.807) is 0 Å². The standard InChI is InChI=1S/C17H16N2O5/c20-16(18-14-7-9-15(10-8-14)19(22)23)12-24-17(21)11-6-13-4-2-1-3-5-13/h1-5,7-10H,6,11-12H2,(H,18,20). The van der Waals surface area contributed by atoms with E-state index in [1.807, 2.05) is 30.3 Å². The number of hydrogen-bond donors (Lipinski definition) is 1. The first kappa shape index (κ1) is 17.1. The van der Waals surface area contributed by atoms with Crippen molar-refractivity contribution in [3.8, 4) is 0 Å². The molecule has 0 heterocycles. The van der Waals surface area contributed by atoms with E-state index in [4.69, 9.17) is 4.74 Å². The number of aryl methyl sites for hydroxylation is 1. The number of benzene rings is 2. The molecule has 24 heavy (non-hydrogen) atoms. The van der Waals surface area contributed by atoms with Gasteiger partial charge in [-0.05, 0) is 24.1 Å². The van der Waals surface area contributed by atoms with Crippen LogP contribution in [0, 0.1) is 10.1 Å². The van der Waals surface area contributed by atoms with Crippen LogP contribution in [0.4, 0.5) is 11.4 Å². The summed E-state index contributed by atoms with van der Waals surface area (Å²) in [5, 5.41) is 13.0. The Bertz CT molecular complexity index is 714. The van der Waals surface area contributed by atoms with Crippen LogP contribution in [0.5, 0.6) is 0 Å². The van der Waals surface area contributed by atoms with Crippen LogP contribution >= 0.6 is 0 Å². The van der Waals surface area contributed by atoms with E-state index in [2.05, 4.69) is 5.32 Å². The summed E-state index contributed by atoms with van der Waals surface area (Å²) < 4.78 is 4.90. The first-order valence-corrected chi connectivity index (χ1v) is 7.28. The average molecular weight is 328 g/mol. The van der Waals surface area contributed by atoms with Crippen LogP contribution < -0.4 is 5.32 Å². The summed E-state index contributed by atoms with van der Waals surface area (Å²) in [4.78, 5) is 33.3. The topological polar surface area (TPSA) is 98.5 Å². The summed E-state index contributed by atoms with van der Waals surface area (Å²) in [6.07, 6.45) is 0.735. The SMILES string of the molecule is O=C(COC(=O)CCc1ccccc1)Nc1ccc([N+](=O)[O-])cc1. The molecule has 0 fully saturated rings. The second kappa shape index (κ2) is 8.42. The van der Waals surface area contributed by atoms with Crippen molar-refractivity contribution in [3.63, 3.8) is 0 Å². The molecule has 0 unspecified atom stereocenters. The number of hydrogen-bond acceptors (Lipinski definition) is 5. The fraction of sp³-hybridized carbons (Fsp3) is 0.176. The van der Waals surface area contributed by atoms with Crippen LogP contribution in [0.2, 0.25) is 0 Å². The highest BCUT2D eigenvalue weighted by molar-refractivity contribution is 5.92. The average Bonchev–Trinajstić information content (AvgIpc) is 2.59. The smallest absolute Gasteiger partial charge is 0.306 e. The summed E-state index contributed by atoms with van der Waals surface area (Å²) in [6.45, 7) is -0.398. The monoisotopic (exact) mass is 328 g/mol. The Labute approximate surface area is 138 Å². The van der Waals surface area contributed by atoms with Crippen molar-refractivity contribution >= 4 is 23.3 Å². The number of rotatable bonds is 7. The molecule has 0 atom stereocenters. The van der Waals surface area contributed by atoms with Gasteiger partial charge in [0.25, 0.3) is 11.6 Å². The van der Waals surface area contributed by atoms with E-state index in [-0.39, 0.29) is 12.1 Å². The van der Waals surface area contributed by atoms with Gasteiger partial charge in [-0.1, -0.05) is 30.3 Å². The molecular formula is C17H16N2O5. The highest BCUT2D eigenvalue weighted by Crippen LogP contribution is 2.15. The summed E-state index contributed by atoms with van der Waals surface area (Å²) >= 11 is 0. The van der Waals surface area contributed by atoms with Crippen molar-refractivity contribution in [2.24, 2.45) is 0 Å². The van der Waals surface area contributed by atoms with Crippen molar-refractivity contribution in [1.82, 2.24) is 0 Å². The number of esters is 1. The number of nitrogens with one attached hydrogen (secondary N) is 1. The first-order valence-electron chi connectivity index (χ1n) is 7.28. The molecule has 0 saturated heterocycles. The van der Waals surface area contributed by atoms with E-state index >= 15 is 0 Å². The minimum Gasteiger partial charge on any atom is -0.456 e. The molecular weight excluding hydrogens is 312 g/mol. The maximum Gasteiger partial charge on any atom is 0.306 e. The largest absolute Gasteiger partial charge is 0.456 e. The predicted molar refractivity (Wildman–Crippen MR) is 87.4 cm³/mol. The van der Waals surface area contributed by atoms with Gasteiger partial charge in [0.1, 0.15) is 0 Å². The fourth-order valence-corrected chi connectivity index (χ4v) is 1.97. The van der Waals surface area contributed by atoms with E-state index in [0.717, 1.165) is 5.56 Å². The lowest BCUT2D eigenvalue weighted by molar-refractivity contribution is -0.384. The van der Waals surface area contributed by atoms with Crippen molar-refractivity contribution in [2.75, 3.05) is 11.9 Å². The second-order valence-electron chi connectivity index (χ2n) is 5.00. The van der Waals surface area contributed by atoms with Crippen LogP contribution in [0.1, 0.15) is 12.0 Å². The van der Waals surface area contributed by atoms with Gasteiger partial charge in [-0.2, -0.15) is 0 Å². The Kier molecular flexibility index (Phi) is 6.01. The van der Waals surface area contributed by atoms with Crippen molar-refractivity contribution in [3.05, 3.63) is 70.3 Å². The Morgan fingerprint density at radius 2 is 1.71 bits per heavy atom. The number of carbonyl (C=O) groups is 2. The molecule has 7 nitrogen and oxygen atoms in total. The molecule has 0 radical (unpaired) electrons. The van der Waals surface area contributed by atoms with E-state index < -0.39 is 23.4 Å². The van der Waals surface area contributed by atoms with Gasteiger partial charge in [0, 0.05) is 24.2 Å². The number of ether oxygens (including phenoxy) is 1. The summed E-state index contributed by atoms with van der Waals surface area (Å²) in [6, 6.07) is 14.9. The molecule has 2 aromatic rings. The van der Waals surface area contributed by atoms with Gasteiger partial charge in [0.15, 0.2) is 6.61 Å². The van der Waals surface area contributed by atoms with Gasteiger partial charge in [0.2, 0.25) is 0 Å². The number of amides is 1. The Balaban J connectivity index is 1.72. The molecule has 2 aromatic carbocycles. The van der Waals surface area contributed by atoms with Gasteiger partial charge < -0.3 is 10.1 Å². The summed E-state index contributed by atoms with van der Waals surface area (Å²) in [5.74, 6) is -0.963. The minimum atomic E-state index is -0.528. The van der Waals surface area contributed by atoms with Crippen LogP contribution in [-0.2, 0) is 20.7 Å². The third kappa shape index (κ3) is 5.53. The summed E-state index contributed by atoms with van der Waals surface area (Å²) in [5.41, 5.74) is 1.34. The Morgan fingerprint density at radius 3 is 2.33 bits per heavy atom. The lowest BCUT2D eigenvalue weighted by atomic mass is 10.1. The Hall–Kier alpha value is -3.22. The third-order valence-electron chi connectivity index (χ3n) is 3.19.